The molecule has 0 bridgehead atoms. The molecule has 3 rings (SSSR count). The Bertz CT molecular complexity index is 1360. The Kier molecular flexibility index (Phi) is 11.5. The quantitative estimate of drug-likeness (QED) is 0.0731. The number of nitrogens with one attached hydrogen (secondary N) is 3. The van der Waals surface area contributed by atoms with E-state index in [1.54, 1.807) is 62.4 Å². The van der Waals surface area contributed by atoms with Gasteiger partial charge < -0.3 is 31.3 Å². The topological polar surface area (TPSA) is 229 Å². The second kappa shape index (κ2) is 14.7. The number of nitrogen functional groups attached to an aromatic ring is 1. The molecular formula is C28H31N5O9. The summed E-state index contributed by atoms with van der Waals surface area (Å²) >= 11 is 0. The van der Waals surface area contributed by atoms with Gasteiger partial charge in [-0.2, -0.15) is 0 Å². The van der Waals surface area contributed by atoms with Crippen molar-refractivity contribution in [3.8, 4) is 0 Å². The molecule has 14 nitrogen and oxygen atoms in total. The third-order valence-corrected chi connectivity index (χ3v) is 5.93. The van der Waals surface area contributed by atoms with Crippen molar-refractivity contribution in [3.63, 3.8) is 0 Å². The van der Waals surface area contributed by atoms with Gasteiger partial charge in [-0.05, 0) is 25.0 Å². The average molecular weight is 582 g/mol. The minimum atomic E-state index is -1.38. The zero-order valence-electron chi connectivity index (χ0n) is 22.8. The number of amidine groups is 1. The fraction of sp³-hybridized carbons (Fsp3) is 0.250. The maximum absolute atomic E-state index is 13.1. The molecule has 1 saturated heterocycles. The second-order valence-corrected chi connectivity index (χ2v) is 8.99. The summed E-state index contributed by atoms with van der Waals surface area (Å²) in [4.78, 5) is 70.5. The Morgan fingerprint density at radius 1 is 1.05 bits per heavy atom. The Labute approximate surface area is 240 Å². The van der Waals surface area contributed by atoms with Crippen LogP contribution in [-0.2, 0) is 34.2 Å². The minimum Gasteiger partial charge on any atom is -0.478 e. The van der Waals surface area contributed by atoms with Crippen LogP contribution < -0.4 is 16.4 Å². The number of benzene rings is 2. The molecule has 0 saturated carbocycles. The molecular weight excluding hydrogens is 550 g/mol. The molecule has 14 heteroatoms. The number of hydrogen-bond acceptors (Lipinski definition) is 8. The van der Waals surface area contributed by atoms with Gasteiger partial charge in [-0.3, -0.25) is 24.7 Å². The summed E-state index contributed by atoms with van der Waals surface area (Å²) in [5, 5.41) is 28.5. The van der Waals surface area contributed by atoms with E-state index in [0.717, 1.165) is 4.90 Å². The second-order valence-electron chi connectivity index (χ2n) is 8.99. The molecule has 4 amide bonds. The molecule has 1 heterocycles. The van der Waals surface area contributed by atoms with Gasteiger partial charge in [0.25, 0.3) is 5.91 Å². The highest BCUT2D eigenvalue weighted by atomic mass is 16.5. The van der Waals surface area contributed by atoms with E-state index < -0.39 is 53.9 Å². The number of carbonyl (C=O) groups is 6. The number of carboxylic acid groups (broad SMARTS) is 2. The lowest BCUT2D eigenvalue weighted by Gasteiger charge is -2.23. The smallest absolute Gasteiger partial charge is 0.328 e. The number of esters is 1. The van der Waals surface area contributed by atoms with Crippen molar-refractivity contribution in [2.75, 3.05) is 13.2 Å². The van der Waals surface area contributed by atoms with Gasteiger partial charge >= 0.3 is 23.9 Å². The highest BCUT2D eigenvalue weighted by Crippen LogP contribution is 2.29. The normalized spacial score (nSPS) is 16.6. The zero-order valence-corrected chi connectivity index (χ0v) is 22.8. The number of aliphatic carboxylic acids is 2. The first kappa shape index (κ1) is 32.7. The number of imide groups is 1. The summed E-state index contributed by atoms with van der Waals surface area (Å²) in [6.45, 7) is 2.93. The van der Waals surface area contributed by atoms with Gasteiger partial charge in [0.05, 0.1) is 19.1 Å². The standard InChI is InChI=1S/C24H27N5O5.C4H4O4/c1-3-34-20(31)13-18(15-7-5-4-6-8-15)27-19(30)14-29-22(32)24(2,28-23(29)33)17-11-9-16(10-12-17)21(25)26;5-3(6)1-2-4(7)8/h4-12,18H,3,13-14H2,1-2H3,(H3,25,26)(H,27,30)(H,28,33);1-2H,(H,5,6)(H,7,8)/b;2-1-/t18-,24-;/m0./s1. The van der Waals surface area contributed by atoms with Crippen LogP contribution in [0.1, 0.15) is 43.0 Å². The summed E-state index contributed by atoms with van der Waals surface area (Å²) in [5.41, 5.74) is 5.75. The van der Waals surface area contributed by atoms with Crippen molar-refractivity contribution in [2.45, 2.75) is 31.8 Å². The summed E-state index contributed by atoms with van der Waals surface area (Å²) in [6, 6.07) is 13.9. The molecule has 0 radical (unpaired) electrons. The highest BCUT2D eigenvalue weighted by Gasteiger charge is 2.49. The third-order valence-electron chi connectivity index (χ3n) is 5.93. The summed E-state index contributed by atoms with van der Waals surface area (Å²) in [7, 11) is 0. The van der Waals surface area contributed by atoms with Crippen molar-refractivity contribution >= 4 is 41.6 Å². The summed E-state index contributed by atoms with van der Waals surface area (Å²) in [6.07, 6.45) is 1.02. The van der Waals surface area contributed by atoms with E-state index in [4.69, 9.17) is 26.1 Å². The largest absolute Gasteiger partial charge is 0.478 e. The van der Waals surface area contributed by atoms with E-state index in [0.29, 0.717) is 28.8 Å². The van der Waals surface area contributed by atoms with Crippen molar-refractivity contribution in [1.29, 1.82) is 5.41 Å². The van der Waals surface area contributed by atoms with Gasteiger partial charge in [-0.25, -0.2) is 14.4 Å². The van der Waals surface area contributed by atoms with E-state index >= 15 is 0 Å². The van der Waals surface area contributed by atoms with Gasteiger partial charge in [-0.1, -0.05) is 54.6 Å². The molecule has 0 aromatic heterocycles. The van der Waals surface area contributed by atoms with Crippen molar-refractivity contribution in [1.82, 2.24) is 15.5 Å². The summed E-state index contributed by atoms with van der Waals surface area (Å²) in [5.74, 6) is -4.30. The van der Waals surface area contributed by atoms with Crippen LogP contribution in [0.2, 0.25) is 0 Å². The van der Waals surface area contributed by atoms with E-state index in [-0.39, 0.29) is 18.9 Å². The van der Waals surface area contributed by atoms with Crippen molar-refractivity contribution < 1.29 is 43.7 Å². The first-order chi connectivity index (χ1) is 19.8. The SMILES string of the molecule is CCOC(=O)C[C@H](NC(=O)CN1C(=O)N[C@@](C)(c2ccc(C(=N)N)cc2)C1=O)c1ccccc1.O=C(O)/C=C\C(=O)O. The molecule has 0 aliphatic carbocycles. The third kappa shape index (κ3) is 9.01. The maximum Gasteiger partial charge on any atom is 0.328 e. The van der Waals surface area contributed by atoms with Crippen molar-refractivity contribution in [3.05, 3.63) is 83.4 Å². The molecule has 1 fully saturated rings. The molecule has 1 aliphatic rings. The van der Waals surface area contributed by atoms with Crippen molar-refractivity contribution in [2.24, 2.45) is 5.73 Å². The number of nitrogens with zero attached hydrogens (tertiary/aromatic N) is 1. The average Bonchev–Trinajstić information content (AvgIpc) is 3.16. The molecule has 2 aromatic rings. The zero-order chi connectivity index (χ0) is 31.4. The van der Waals surface area contributed by atoms with Crippen LogP contribution in [0.15, 0.2) is 66.7 Å². The van der Waals surface area contributed by atoms with Crippen LogP contribution in [0.25, 0.3) is 0 Å². The van der Waals surface area contributed by atoms with E-state index in [1.807, 2.05) is 6.07 Å². The fourth-order valence-corrected chi connectivity index (χ4v) is 3.87. The maximum atomic E-state index is 13.1. The molecule has 2 atom stereocenters. The Morgan fingerprint density at radius 2 is 1.62 bits per heavy atom. The first-order valence-electron chi connectivity index (χ1n) is 12.5. The number of carboxylic acids is 2. The van der Waals surface area contributed by atoms with E-state index in [1.165, 1.54) is 0 Å². The fourth-order valence-electron chi connectivity index (χ4n) is 3.87. The van der Waals surface area contributed by atoms with Crippen LogP contribution in [0.3, 0.4) is 0 Å². The number of amides is 4. The van der Waals surface area contributed by atoms with Crippen LogP contribution in [0, 0.1) is 5.41 Å². The molecule has 2 aromatic carbocycles. The lowest BCUT2D eigenvalue weighted by Crippen LogP contribution is -2.44. The van der Waals surface area contributed by atoms with Crippen LogP contribution >= 0.6 is 0 Å². The predicted molar refractivity (Wildman–Crippen MR) is 148 cm³/mol. The highest BCUT2D eigenvalue weighted by molar-refractivity contribution is 6.09. The molecule has 1 aliphatic heterocycles. The van der Waals surface area contributed by atoms with Crippen LogP contribution in [-0.4, -0.2) is 69.9 Å². The van der Waals surface area contributed by atoms with E-state index in [9.17, 15) is 28.8 Å². The van der Waals surface area contributed by atoms with Gasteiger partial charge in [0.1, 0.15) is 17.9 Å². The Hall–Kier alpha value is -5.53. The molecule has 0 spiro atoms. The Balaban J connectivity index is 0.000000675. The lowest BCUT2D eigenvalue weighted by atomic mass is 9.91. The Morgan fingerprint density at radius 3 is 2.12 bits per heavy atom. The van der Waals surface area contributed by atoms with Crippen LogP contribution in [0.4, 0.5) is 4.79 Å². The van der Waals surface area contributed by atoms with Gasteiger partial charge in [0.2, 0.25) is 5.91 Å². The van der Waals surface area contributed by atoms with Gasteiger partial charge in [0.15, 0.2) is 0 Å². The molecule has 7 N–H and O–H groups in total. The molecule has 0 unspecified atom stereocenters. The number of urea groups is 1. The molecule has 222 valence electrons. The van der Waals surface area contributed by atoms with E-state index in [2.05, 4.69) is 10.6 Å². The number of rotatable bonds is 11. The number of hydrogen-bond donors (Lipinski definition) is 6. The first-order valence-corrected chi connectivity index (χ1v) is 12.5. The van der Waals surface area contributed by atoms with Gasteiger partial charge in [0, 0.05) is 17.7 Å². The van der Waals surface area contributed by atoms with Gasteiger partial charge in [-0.15, -0.1) is 0 Å². The number of nitrogens with two attached hydrogens (primary N) is 1. The number of carbonyl (C=O) groups excluding carboxylic acids is 4. The minimum absolute atomic E-state index is 0.0933. The predicted octanol–water partition coefficient (Wildman–Crippen LogP) is 1.26. The van der Waals surface area contributed by atoms with Crippen LogP contribution in [0.5, 0.6) is 0 Å². The summed E-state index contributed by atoms with van der Waals surface area (Å²) < 4.78 is 5.00. The monoisotopic (exact) mass is 581 g/mol. The number of ether oxygens (including phenoxy) is 1. The molecule has 42 heavy (non-hydrogen) atoms. The lowest BCUT2D eigenvalue weighted by molar-refractivity contribution is -0.144.